The molecule has 0 N–H and O–H groups in total. The Labute approximate surface area is 299 Å². The molecule has 5 aromatic carbocycles. The smallest absolute Gasteiger partial charge is 0.311 e. The van der Waals surface area contributed by atoms with Crippen molar-refractivity contribution >= 4 is 54.7 Å². The SMILES string of the molecule is CCC(CC(C)(CC(C)n1c2ccccc2c2ccccc21)C(=O)OCC1CO1)c1ccc(N2c3ccccc3S(=O)(=O)c3ccccc32)cc1. The third-order valence-electron chi connectivity index (χ3n) is 10.7. The quantitative estimate of drug-likeness (QED) is 0.0989. The van der Waals surface area contributed by atoms with Gasteiger partial charge in [-0.05, 0) is 93.1 Å². The molecule has 1 saturated heterocycles. The highest BCUT2D eigenvalue weighted by Gasteiger charge is 2.41. The number of hydrogen-bond acceptors (Lipinski definition) is 6. The van der Waals surface area contributed by atoms with Crippen LogP contribution in [0.1, 0.15) is 57.6 Å². The Balaban J connectivity index is 1.12. The lowest BCUT2D eigenvalue weighted by Crippen LogP contribution is -2.35. The summed E-state index contributed by atoms with van der Waals surface area (Å²) in [6, 6.07) is 39.7. The molecule has 3 heterocycles. The van der Waals surface area contributed by atoms with Crippen LogP contribution in [0.25, 0.3) is 21.8 Å². The van der Waals surface area contributed by atoms with Crippen molar-refractivity contribution in [3.05, 3.63) is 127 Å². The number of esters is 1. The van der Waals surface area contributed by atoms with Gasteiger partial charge in [-0.25, -0.2) is 8.42 Å². The molecule has 8 rings (SSSR count). The first kappa shape index (κ1) is 33.2. The van der Waals surface area contributed by atoms with Gasteiger partial charge in [0.1, 0.15) is 12.7 Å². The lowest BCUT2D eigenvalue weighted by molar-refractivity contribution is -0.157. The summed E-state index contributed by atoms with van der Waals surface area (Å²) < 4.78 is 40.8. The van der Waals surface area contributed by atoms with Crippen molar-refractivity contribution in [3.8, 4) is 0 Å². The lowest BCUT2D eigenvalue weighted by atomic mass is 9.73. The Morgan fingerprint density at radius 2 is 1.33 bits per heavy atom. The highest BCUT2D eigenvalue weighted by molar-refractivity contribution is 7.92. The fraction of sp³-hybridized carbons (Fsp3) is 0.279. The summed E-state index contributed by atoms with van der Waals surface area (Å²) in [5.41, 5.74) is 4.79. The lowest BCUT2D eigenvalue weighted by Gasteiger charge is -2.35. The van der Waals surface area contributed by atoms with Crippen LogP contribution in [0.3, 0.4) is 0 Å². The van der Waals surface area contributed by atoms with Gasteiger partial charge in [0, 0.05) is 33.5 Å². The van der Waals surface area contributed by atoms with Gasteiger partial charge in [-0.2, -0.15) is 0 Å². The number of carbonyl (C=O) groups excluding carboxylic acids is 1. The molecule has 6 aromatic rings. The van der Waals surface area contributed by atoms with E-state index < -0.39 is 15.3 Å². The first-order chi connectivity index (χ1) is 24.7. The minimum Gasteiger partial charge on any atom is -0.462 e. The molecular weight excluding hydrogens is 657 g/mol. The number of fused-ring (bicyclic) bond motifs is 5. The number of para-hydroxylation sites is 4. The fourth-order valence-electron chi connectivity index (χ4n) is 8.13. The number of epoxide rings is 1. The summed E-state index contributed by atoms with van der Waals surface area (Å²) in [5, 5.41) is 2.41. The number of carbonyl (C=O) groups is 1. The van der Waals surface area contributed by atoms with Crippen LogP contribution in [0.15, 0.2) is 131 Å². The summed E-state index contributed by atoms with van der Waals surface area (Å²) in [4.78, 5) is 16.7. The van der Waals surface area contributed by atoms with Crippen LogP contribution >= 0.6 is 0 Å². The number of aromatic nitrogens is 1. The third kappa shape index (κ3) is 5.90. The van der Waals surface area contributed by atoms with E-state index in [9.17, 15) is 13.2 Å². The molecular formula is C43H42N2O5S. The van der Waals surface area contributed by atoms with E-state index in [1.165, 1.54) is 10.8 Å². The minimum atomic E-state index is -3.65. The number of rotatable bonds is 11. The van der Waals surface area contributed by atoms with Gasteiger partial charge in [-0.15, -0.1) is 0 Å². The summed E-state index contributed by atoms with van der Waals surface area (Å²) in [6.07, 6.45) is 2.04. The average Bonchev–Trinajstić information content (AvgIpc) is 3.93. The first-order valence-electron chi connectivity index (χ1n) is 17.8. The number of sulfone groups is 1. The van der Waals surface area contributed by atoms with Crippen LogP contribution < -0.4 is 4.90 Å². The maximum Gasteiger partial charge on any atom is 0.311 e. The van der Waals surface area contributed by atoms with Crippen molar-refractivity contribution in [1.29, 1.82) is 0 Å². The molecule has 1 fully saturated rings. The number of ether oxygens (including phenoxy) is 2. The zero-order valence-electron chi connectivity index (χ0n) is 29.2. The van der Waals surface area contributed by atoms with Crippen molar-refractivity contribution in [2.24, 2.45) is 5.41 Å². The molecule has 8 heteroatoms. The van der Waals surface area contributed by atoms with E-state index in [-0.39, 0.29) is 30.6 Å². The number of nitrogens with zero attached hydrogens (tertiary/aromatic N) is 2. The van der Waals surface area contributed by atoms with Gasteiger partial charge in [-0.3, -0.25) is 4.79 Å². The molecule has 1 aromatic heterocycles. The second kappa shape index (κ2) is 13.0. The largest absolute Gasteiger partial charge is 0.462 e. The van der Waals surface area contributed by atoms with E-state index in [1.54, 1.807) is 24.3 Å². The minimum absolute atomic E-state index is 0.0116. The molecule has 0 amide bonds. The number of anilines is 3. The zero-order valence-corrected chi connectivity index (χ0v) is 30.0. The number of benzene rings is 5. The number of hydrogen-bond donors (Lipinski definition) is 0. The first-order valence-corrected chi connectivity index (χ1v) is 19.3. The van der Waals surface area contributed by atoms with E-state index in [0.717, 1.165) is 28.7 Å². The van der Waals surface area contributed by atoms with Crippen molar-refractivity contribution in [1.82, 2.24) is 4.57 Å². The van der Waals surface area contributed by atoms with Crippen LogP contribution in [0, 0.1) is 5.41 Å². The molecule has 51 heavy (non-hydrogen) atoms. The summed E-state index contributed by atoms with van der Waals surface area (Å²) in [7, 11) is -3.65. The Kier molecular flexibility index (Phi) is 8.47. The molecule has 4 unspecified atom stereocenters. The molecule has 0 aliphatic carbocycles. The van der Waals surface area contributed by atoms with E-state index >= 15 is 0 Å². The van der Waals surface area contributed by atoms with Crippen molar-refractivity contribution in [2.75, 3.05) is 18.1 Å². The van der Waals surface area contributed by atoms with E-state index in [4.69, 9.17) is 9.47 Å². The molecule has 4 atom stereocenters. The highest BCUT2D eigenvalue weighted by Crippen LogP contribution is 2.49. The van der Waals surface area contributed by atoms with E-state index in [0.29, 0.717) is 40.6 Å². The van der Waals surface area contributed by atoms with Gasteiger partial charge in [0.2, 0.25) is 9.84 Å². The van der Waals surface area contributed by atoms with E-state index in [2.05, 4.69) is 98.1 Å². The predicted octanol–water partition coefficient (Wildman–Crippen LogP) is 9.89. The zero-order chi connectivity index (χ0) is 35.3. The maximum atomic E-state index is 14.1. The standard InChI is InChI=1S/C43H42N2O5S/c1-4-30(31-21-23-32(24-22-31)45-38-17-9-11-19-40(38)51(47,48)41-20-12-10-18-39(41)45)26-43(3,42(46)50-28-33-27-49-33)25-29(2)44-36-15-7-5-13-34(36)35-14-6-8-16-37(35)44/h5-24,29-30,33H,4,25-28H2,1-3H3. The summed E-state index contributed by atoms with van der Waals surface area (Å²) in [6.45, 7) is 7.34. The Hall–Kier alpha value is -4.92. The monoisotopic (exact) mass is 698 g/mol. The van der Waals surface area contributed by atoms with Crippen LogP contribution in [-0.2, 0) is 24.1 Å². The normalized spacial score (nSPS) is 18.4. The van der Waals surface area contributed by atoms with Crippen molar-refractivity contribution in [3.63, 3.8) is 0 Å². The van der Waals surface area contributed by atoms with E-state index in [1.807, 2.05) is 29.2 Å². The Morgan fingerprint density at radius 3 is 1.88 bits per heavy atom. The summed E-state index contributed by atoms with van der Waals surface area (Å²) >= 11 is 0. The third-order valence-corrected chi connectivity index (χ3v) is 12.6. The highest BCUT2D eigenvalue weighted by atomic mass is 32.2. The molecule has 0 saturated carbocycles. The maximum absolute atomic E-state index is 14.1. The molecule has 0 spiro atoms. The van der Waals surface area contributed by atoms with Crippen LogP contribution in [-0.4, -0.2) is 38.3 Å². The van der Waals surface area contributed by atoms with Crippen LogP contribution in [0.5, 0.6) is 0 Å². The van der Waals surface area contributed by atoms with Crippen molar-refractivity contribution < 1.29 is 22.7 Å². The molecule has 2 aliphatic rings. The molecule has 260 valence electrons. The van der Waals surface area contributed by atoms with Gasteiger partial charge in [0.25, 0.3) is 0 Å². The van der Waals surface area contributed by atoms with Gasteiger partial charge < -0.3 is 18.9 Å². The van der Waals surface area contributed by atoms with Gasteiger partial charge in [0.05, 0.1) is 33.2 Å². The van der Waals surface area contributed by atoms with Gasteiger partial charge in [-0.1, -0.05) is 79.7 Å². The topological polar surface area (TPSA) is 81.1 Å². The molecule has 7 nitrogen and oxygen atoms in total. The van der Waals surface area contributed by atoms with Crippen molar-refractivity contribution in [2.45, 2.75) is 67.9 Å². The fourth-order valence-corrected chi connectivity index (χ4v) is 9.75. The van der Waals surface area contributed by atoms with Gasteiger partial charge in [0.15, 0.2) is 0 Å². The van der Waals surface area contributed by atoms with Crippen LogP contribution in [0.4, 0.5) is 17.1 Å². The Morgan fingerprint density at radius 1 is 0.804 bits per heavy atom. The molecule has 2 aliphatic heterocycles. The second-order valence-corrected chi connectivity index (χ2v) is 16.1. The average molecular weight is 699 g/mol. The van der Waals surface area contributed by atoms with Gasteiger partial charge >= 0.3 is 5.97 Å². The summed E-state index contributed by atoms with van der Waals surface area (Å²) in [5.74, 6) is -0.108. The van der Waals surface area contributed by atoms with Crippen LogP contribution in [0.2, 0.25) is 0 Å². The predicted molar refractivity (Wildman–Crippen MR) is 202 cm³/mol. The molecule has 0 bridgehead atoms. The Bertz CT molecular complexity index is 2260. The molecule has 0 radical (unpaired) electrons. The second-order valence-electron chi connectivity index (χ2n) is 14.2.